The Kier molecular flexibility index (Phi) is 11.0. The van der Waals surface area contributed by atoms with Crippen molar-refractivity contribution >= 4 is 34.5 Å². The van der Waals surface area contributed by atoms with Crippen molar-refractivity contribution in [3.8, 4) is 0 Å². The minimum absolute atomic E-state index is 0.785. The lowest BCUT2D eigenvalue weighted by molar-refractivity contribution is -0.282. The first kappa shape index (κ1) is 28.6. The Balaban J connectivity index is 0.000000513. The van der Waals surface area contributed by atoms with Crippen LogP contribution in [0.4, 0.5) is 22.0 Å². The molecule has 0 fully saturated rings. The van der Waals surface area contributed by atoms with Crippen LogP contribution in [0.5, 0.6) is 0 Å². The number of pyridine rings is 1. The summed E-state index contributed by atoms with van der Waals surface area (Å²) in [5.74, 6) is -3.50. The van der Waals surface area contributed by atoms with E-state index in [0.717, 1.165) is 40.6 Å². The number of hydrogen-bond acceptors (Lipinski definition) is 3. The second kappa shape index (κ2) is 12.7. The molecule has 1 aromatic heterocycles. The molecule has 2 aromatic rings. The molecule has 33 heavy (non-hydrogen) atoms. The van der Waals surface area contributed by atoms with Gasteiger partial charge in [0.05, 0.1) is 11.2 Å². The van der Waals surface area contributed by atoms with Crippen molar-refractivity contribution in [1.29, 1.82) is 0 Å². The number of thioether (sulfide) groups is 1. The highest BCUT2D eigenvalue weighted by molar-refractivity contribution is 7.99. The maximum Gasteiger partial charge on any atom is 0.453 e. The van der Waals surface area contributed by atoms with E-state index in [1.807, 2.05) is 37.0 Å². The van der Waals surface area contributed by atoms with Gasteiger partial charge in [-0.15, -0.1) is 11.8 Å². The van der Waals surface area contributed by atoms with E-state index in [1.54, 1.807) is 7.05 Å². The molecule has 0 aliphatic carbocycles. The van der Waals surface area contributed by atoms with E-state index >= 15 is 0 Å². The monoisotopic (exact) mass is 484 g/mol. The lowest BCUT2D eigenvalue weighted by atomic mass is 10.0. The largest absolute Gasteiger partial charge is 0.453 e. The lowest BCUT2D eigenvalue weighted by Crippen LogP contribution is -2.35. The Labute approximate surface area is 196 Å². The molecule has 1 aromatic carbocycles. The zero-order valence-electron chi connectivity index (χ0n) is 19.4. The van der Waals surface area contributed by atoms with Crippen LogP contribution in [0.1, 0.15) is 39.8 Å². The first-order valence-electron chi connectivity index (χ1n) is 10.3. The van der Waals surface area contributed by atoms with E-state index in [1.165, 1.54) is 10.3 Å². The molecule has 2 nitrogen and oxygen atoms in total. The van der Waals surface area contributed by atoms with Crippen LogP contribution in [0.2, 0.25) is 0 Å². The van der Waals surface area contributed by atoms with Crippen LogP contribution < -0.4 is 0 Å². The first-order valence-corrected chi connectivity index (χ1v) is 11.3. The predicted molar refractivity (Wildman–Crippen MR) is 130 cm³/mol. The third kappa shape index (κ3) is 8.11. The van der Waals surface area contributed by atoms with Gasteiger partial charge in [-0.3, -0.25) is 4.99 Å². The van der Waals surface area contributed by atoms with Crippen molar-refractivity contribution in [2.24, 2.45) is 4.99 Å². The minimum atomic E-state index is -5.39. The number of para-hydroxylation sites is 1. The van der Waals surface area contributed by atoms with E-state index < -0.39 is 18.5 Å². The third-order valence-electron chi connectivity index (χ3n) is 4.62. The van der Waals surface area contributed by atoms with Gasteiger partial charge in [-0.25, -0.2) is 4.98 Å². The number of halogens is 5. The van der Waals surface area contributed by atoms with Gasteiger partial charge < -0.3 is 0 Å². The molecular formula is C25H29F5N2S. The van der Waals surface area contributed by atoms with Gasteiger partial charge in [-0.2, -0.15) is 22.0 Å². The fourth-order valence-corrected chi connectivity index (χ4v) is 3.52. The summed E-state index contributed by atoms with van der Waals surface area (Å²) in [5.41, 5.74) is 5.36. The molecule has 0 bridgehead atoms. The molecule has 0 saturated heterocycles. The van der Waals surface area contributed by atoms with E-state index in [4.69, 9.17) is 4.98 Å². The first-order chi connectivity index (χ1) is 15.4. The van der Waals surface area contributed by atoms with Crippen LogP contribution in [0, 0.1) is 0 Å². The fraction of sp³-hybridized carbons (Fsp3) is 0.360. The molecule has 0 aliphatic rings. The summed E-state index contributed by atoms with van der Waals surface area (Å²) in [5, 5.41) is 1.18. The molecule has 0 unspecified atom stereocenters. The highest BCUT2D eigenvalue weighted by atomic mass is 32.2. The number of rotatable bonds is 7. The molecule has 0 aliphatic heterocycles. The topological polar surface area (TPSA) is 25.2 Å². The molecule has 0 saturated carbocycles. The molecule has 1 heterocycles. The smallest absolute Gasteiger partial charge is 0.296 e. The number of benzene rings is 1. The summed E-state index contributed by atoms with van der Waals surface area (Å²) in [6.07, 6.45) is -0.719. The Bertz CT molecular complexity index is 1040. The average Bonchev–Trinajstić information content (AvgIpc) is 2.77. The Morgan fingerprint density at radius 1 is 1.12 bits per heavy atom. The van der Waals surface area contributed by atoms with Gasteiger partial charge in [0.15, 0.2) is 0 Å². The number of nitrogens with zero attached hydrogens (tertiary/aromatic N) is 2. The van der Waals surface area contributed by atoms with Crippen molar-refractivity contribution in [2.45, 2.75) is 51.1 Å². The van der Waals surface area contributed by atoms with Crippen molar-refractivity contribution in [3.63, 3.8) is 0 Å². The van der Waals surface area contributed by atoms with Crippen LogP contribution in [0.3, 0.4) is 0 Å². The van der Waals surface area contributed by atoms with Crippen LogP contribution in [-0.4, -0.2) is 36.1 Å². The zero-order chi connectivity index (χ0) is 25.2. The maximum atomic E-state index is 11.5. The molecule has 0 radical (unpaired) electrons. The van der Waals surface area contributed by atoms with Crippen molar-refractivity contribution in [3.05, 3.63) is 65.9 Å². The number of hydrogen-bond donors (Lipinski definition) is 0. The summed E-state index contributed by atoms with van der Waals surface area (Å²) >= 11 is 1.83. The molecule has 8 heteroatoms. The van der Waals surface area contributed by atoms with Gasteiger partial charge in [0.1, 0.15) is 0 Å². The van der Waals surface area contributed by atoms with Gasteiger partial charge >= 0.3 is 12.1 Å². The normalized spacial score (nSPS) is 13.6. The summed E-state index contributed by atoms with van der Waals surface area (Å²) < 4.78 is 56.3. The number of alkyl halides is 5. The maximum absolute atomic E-state index is 11.5. The highest BCUT2D eigenvalue weighted by Gasteiger charge is 2.55. The van der Waals surface area contributed by atoms with Crippen LogP contribution in [-0.2, 0) is 0 Å². The lowest BCUT2D eigenvalue weighted by Gasteiger charge is -2.16. The minimum Gasteiger partial charge on any atom is -0.296 e. The Morgan fingerprint density at radius 2 is 1.76 bits per heavy atom. The SMILES string of the molecule is C=C/C(C)=C(C=NC)\C=C(/C)c1nc2ccccc2cc1SCC.CCC(F)(F)C(F)(F)F. The number of fused-ring (bicyclic) bond motifs is 1. The molecular weight excluding hydrogens is 455 g/mol. The van der Waals surface area contributed by atoms with Crippen molar-refractivity contribution < 1.29 is 22.0 Å². The quantitative estimate of drug-likeness (QED) is 0.170. The summed E-state index contributed by atoms with van der Waals surface area (Å²) in [6, 6.07) is 10.5. The zero-order valence-corrected chi connectivity index (χ0v) is 20.2. The van der Waals surface area contributed by atoms with Gasteiger partial charge in [-0.1, -0.05) is 44.7 Å². The highest BCUT2D eigenvalue weighted by Crippen LogP contribution is 2.37. The van der Waals surface area contributed by atoms with Gasteiger partial charge in [-0.05, 0) is 54.5 Å². The second-order valence-corrected chi connectivity index (χ2v) is 8.38. The van der Waals surface area contributed by atoms with Gasteiger partial charge in [0.25, 0.3) is 0 Å². The number of aliphatic imine (C=N–C) groups is 1. The molecule has 180 valence electrons. The molecule has 2 rings (SSSR count). The Hall–Kier alpha value is -2.48. The van der Waals surface area contributed by atoms with Crippen LogP contribution >= 0.6 is 11.8 Å². The standard InChI is InChI=1S/C21H24N2S.C4H5F5/c1-6-15(3)18(14-22-5)12-16(4)21-20(24-7-2)13-17-10-8-9-11-19(17)23-21;1-2-3(5,6)4(7,8)9/h6,8-14H,1,7H2,2-5H3;2H2,1H3/b16-12+,18-15+,22-14?;. The van der Waals surface area contributed by atoms with Crippen molar-refractivity contribution in [2.75, 3.05) is 12.8 Å². The Morgan fingerprint density at radius 3 is 2.24 bits per heavy atom. The van der Waals surface area contributed by atoms with E-state index in [-0.39, 0.29) is 0 Å². The van der Waals surface area contributed by atoms with Crippen molar-refractivity contribution in [1.82, 2.24) is 4.98 Å². The summed E-state index contributed by atoms with van der Waals surface area (Å²) in [4.78, 5) is 10.3. The van der Waals surface area contributed by atoms with Crippen LogP contribution in [0.15, 0.2) is 70.1 Å². The number of allylic oxidation sites excluding steroid dienone is 5. The second-order valence-electron chi connectivity index (χ2n) is 7.07. The molecule has 0 spiro atoms. The molecule has 0 amide bonds. The molecule has 0 atom stereocenters. The van der Waals surface area contributed by atoms with E-state index in [0.29, 0.717) is 0 Å². The summed E-state index contributed by atoms with van der Waals surface area (Å²) in [7, 11) is 1.78. The van der Waals surface area contributed by atoms with E-state index in [2.05, 4.69) is 55.8 Å². The van der Waals surface area contributed by atoms with Gasteiger partial charge in [0.2, 0.25) is 0 Å². The van der Waals surface area contributed by atoms with Crippen LogP contribution in [0.25, 0.3) is 16.5 Å². The predicted octanol–water partition coefficient (Wildman–Crippen LogP) is 8.55. The van der Waals surface area contributed by atoms with Gasteiger partial charge in [0, 0.05) is 30.0 Å². The van der Waals surface area contributed by atoms with E-state index in [9.17, 15) is 22.0 Å². The third-order valence-corrected chi connectivity index (χ3v) is 5.53. The number of aromatic nitrogens is 1. The average molecular weight is 485 g/mol. The fourth-order valence-electron chi connectivity index (χ4n) is 2.66. The summed E-state index contributed by atoms with van der Waals surface area (Å²) in [6.45, 7) is 11.0. The molecule has 0 N–H and O–H groups in total.